The molecule has 2 aromatic carbocycles. The number of hydrogen-bond acceptors (Lipinski definition) is 4. The molecule has 7 nitrogen and oxygen atoms in total. The summed E-state index contributed by atoms with van der Waals surface area (Å²) in [5, 5.41) is 2.81. The van der Waals surface area contributed by atoms with Crippen molar-refractivity contribution < 1.29 is 31.2 Å². The van der Waals surface area contributed by atoms with Crippen molar-refractivity contribution in [2.75, 3.05) is 24.2 Å². The maximum absolute atomic E-state index is 13.4. The molecule has 0 aromatic heterocycles. The number of halogens is 4. The van der Waals surface area contributed by atoms with Gasteiger partial charge in [-0.2, -0.15) is 13.2 Å². The van der Waals surface area contributed by atoms with Crippen LogP contribution in [0.15, 0.2) is 48.5 Å². The van der Waals surface area contributed by atoms with E-state index in [-0.39, 0.29) is 18.7 Å². The molecule has 2 amide bonds. The molecule has 0 aliphatic heterocycles. The largest absolute Gasteiger partial charge is 0.416 e. The Balaban J connectivity index is 2.49. The van der Waals surface area contributed by atoms with Crippen LogP contribution in [-0.4, -0.2) is 51.0 Å². The Kier molecular flexibility index (Phi) is 8.96. The van der Waals surface area contributed by atoms with Gasteiger partial charge >= 0.3 is 6.18 Å². The highest BCUT2D eigenvalue weighted by Crippen LogP contribution is 2.32. The molecule has 0 heterocycles. The summed E-state index contributed by atoms with van der Waals surface area (Å²) in [7, 11) is -2.76. The SMILES string of the molecule is CC[C@H](C(=O)NC)N(Cc1ccccc1Cl)C(=O)CN(c1cccc(C(F)(F)F)c1)S(C)(=O)=O. The summed E-state index contributed by atoms with van der Waals surface area (Å²) in [5.74, 6) is -1.26. The van der Waals surface area contributed by atoms with Gasteiger partial charge in [0.25, 0.3) is 0 Å². The Bertz CT molecular complexity index is 1140. The molecule has 1 atom stereocenters. The zero-order chi connectivity index (χ0) is 25.7. The van der Waals surface area contributed by atoms with E-state index >= 15 is 0 Å². The fourth-order valence-corrected chi connectivity index (χ4v) is 4.38. The molecule has 12 heteroatoms. The number of likely N-dealkylation sites (N-methyl/N-ethyl adjacent to an activating group) is 1. The van der Waals surface area contributed by atoms with Gasteiger partial charge in [-0.05, 0) is 36.2 Å². The Morgan fingerprint density at radius 1 is 1.12 bits per heavy atom. The zero-order valence-corrected chi connectivity index (χ0v) is 20.3. The smallest absolute Gasteiger partial charge is 0.357 e. The molecular formula is C22H25ClF3N3O4S. The Labute approximate surface area is 201 Å². The Morgan fingerprint density at radius 2 is 1.76 bits per heavy atom. The molecule has 0 unspecified atom stereocenters. The molecule has 186 valence electrons. The van der Waals surface area contributed by atoms with Crippen molar-refractivity contribution in [3.63, 3.8) is 0 Å². The third-order valence-corrected chi connectivity index (χ3v) is 6.58. The first kappa shape index (κ1) is 27.5. The topological polar surface area (TPSA) is 86.8 Å². The normalized spacial score (nSPS) is 12.7. The second-order valence-electron chi connectivity index (χ2n) is 7.47. The van der Waals surface area contributed by atoms with Crippen molar-refractivity contribution in [3.05, 3.63) is 64.7 Å². The monoisotopic (exact) mass is 519 g/mol. The minimum atomic E-state index is -4.70. The molecule has 2 aromatic rings. The number of amides is 2. The molecule has 0 bridgehead atoms. The van der Waals surface area contributed by atoms with Crippen LogP contribution in [0.1, 0.15) is 24.5 Å². The summed E-state index contributed by atoms with van der Waals surface area (Å²) in [6.45, 7) is 0.761. The number of rotatable bonds is 9. The van der Waals surface area contributed by atoms with Gasteiger partial charge in [0.05, 0.1) is 17.5 Å². The van der Waals surface area contributed by atoms with Gasteiger partial charge in [0, 0.05) is 18.6 Å². The lowest BCUT2D eigenvalue weighted by Crippen LogP contribution is -2.51. The summed E-state index contributed by atoms with van der Waals surface area (Å²) in [4.78, 5) is 27.0. The van der Waals surface area contributed by atoms with Gasteiger partial charge in [0.1, 0.15) is 12.6 Å². The van der Waals surface area contributed by atoms with Crippen LogP contribution >= 0.6 is 11.6 Å². The second-order valence-corrected chi connectivity index (χ2v) is 9.78. The fraction of sp³-hybridized carbons (Fsp3) is 0.364. The first-order valence-electron chi connectivity index (χ1n) is 10.2. The van der Waals surface area contributed by atoms with Crippen LogP contribution in [0, 0.1) is 0 Å². The van der Waals surface area contributed by atoms with Crippen LogP contribution in [0.5, 0.6) is 0 Å². The standard InChI is InChI=1S/C22H25ClF3N3O4S/c1-4-19(21(31)27-2)28(13-15-8-5-6-11-18(15)23)20(30)14-29(34(3,32)33)17-10-7-9-16(12-17)22(24,25)26/h5-12,19H,4,13-14H2,1-3H3,(H,27,31)/t19-/m1/s1. The van der Waals surface area contributed by atoms with Gasteiger partial charge in [-0.3, -0.25) is 13.9 Å². The van der Waals surface area contributed by atoms with Gasteiger partial charge in [-0.1, -0.05) is 42.8 Å². The molecule has 1 N–H and O–H groups in total. The van der Waals surface area contributed by atoms with Crippen LogP contribution in [0.3, 0.4) is 0 Å². The van der Waals surface area contributed by atoms with E-state index < -0.39 is 46.2 Å². The lowest BCUT2D eigenvalue weighted by molar-refractivity contribution is -0.140. The minimum absolute atomic E-state index is 0.107. The molecule has 0 saturated heterocycles. The average Bonchev–Trinajstić information content (AvgIpc) is 2.76. The number of hydrogen-bond donors (Lipinski definition) is 1. The van der Waals surface area contributed by atoms with Crippen molar-refractivity contribution >= 4 is 39.1 Å². The van der Waals surface area contributed by atoms with E-state index in [1.165, 1.54) is 11.9 Å². The van der Waals surface area contributed by atoms with Gasteiger partial charge in [0.2, 0.25) is 21.8 Å². The van der Waals surface area contributed by atoms with E-state index in [9.17, 15) is 31.2 Å². The first-order valence-corrected chi connectivity index (χ1v) is 12.4. The Hall–Kier alpha value is -2.79. The number of nitrogens with zero attached hydrogens (tertiary/aromatic N) is 2. The van der Waals surface area contributed by atoms with Gasteiger partial charge < -0.3 is 10.2 Å². The highest BCUT2D eigenvalue weighted by Gasteiger charge is 2.34. The molecule has 34 heavy (non-hydrogen) atoms. The van der Waals surface area contributed by atoms with Crippen molar-refractivity contribution in [2.24, 2.45) is 0 Å². The third kappa shape index (κ3) is 6.86. The van der Waals surface area contributed by atoms with E-state index in [1.54, 1.807) is 31.2 Å². The molecule has 0 radical (unpaired) electrons. The van der Waals surface area contributed by atoms with E-state index in [0.29, 0.717) is 21.0 Å². The molecule has 0 fully saturated rings. The number of anilines is 1. The summed E-state index contributed by atoms with van der Waals surface area (Å²) in [6.07, 6.45) is -3.71. The quantitative estimate of drug-likeness (QED) is 0.547. The lowest BCUT2D eigenvalue weighted by Gasteiger charge is -2.32. The third-order valence-electron chi connectivity index (χ3n) is 5.07. The number of carbonyl (C=O) groups is 2. The Morgan fingerprint density at radius 3 is 2.29 bits per heavy atom. The van der Waals surface area contributed by atoms with Crippen molar-refractivity contribution in [1.29, 1.82) is 0 Å². The maximum atomic E-state index is 13.4. The van der Waals surface area contributed by atoms with Crippen LogP contribution in [0.25, 0.3) is 0 Å². The maximum Gasteiger partial charge on any atom is 0.416 e. The number of nitrogens with one attached hydrogen (secondary N) is 1. The van der Waals surface area contributed by atoms with E-state index in [2.05, 4.69) is 5.32 Å². The van der Waals surface area contributed by atoms with Gasteiger partial charge in [-0.25, -0.2) is 8.42 Å². The molecule has 0 saturated carbocycles. The van der Waals surface area contributed by atoms with E-state index in [0.717, 1.165) is 24.5 Å². The van der Waals surface area contributed by atoms with Crippen molar-refractivity contribution in [3.8, 4) is 0 Å². The highest BCUT2D eigenvalue weighted by atomic mass is 35.5. The van der Waals surface area contributed by atoms with Crippen molar-refractivity contribution in [2.45, 2.75) is 32.1 Å². The fourth-order valence-electron chi connectivity index (χ4n) is 3.35. The summed E-state index contributed by atoms with van der Waals surface area (Å²) >= 11 is 6.22. The summed E-state index contributed by atoms with van der Waals surface area (Å²) in [5.41, 5.74) is -0.864. The highest BCUT2D eigenvalue weighted by molar-refractivity contribution is 7.92. The first-order chi connectivity index (χ1) is 15.8. The minimum Gasteiger partial charge on any atom is -0.357 e. The summed E-state index contributed by atoms with van der Waals surface area (Å²) < 4.78 is 65.1. The second kappa shape index (κ2) is 11.1. The number of alkyl halides is 3. The van der Waals surface area contributed by atoms with Crippen LogP contribution in [-0.2, 0) is 32.3 Å². The van der Waals surface area contributed by atoms with E-state index in [4.69, 9.17) is 11.6 Å². The van der Waals surface area contributed by atoms with Gasteiger partial charge in [0.15, 0.2) is 0 Å². The zero-order valence-electron chi connectivity index (χ0n) is 18.8. The summed E-state index contributed by atoms with van der Waals surface area (Å²) in [6, 6.07) is 9.35. The molecule has 0 aliphatic carbocycles. The predicted octanol–water partition coefficient (Wildman–Crippen LogP) is 3.68. The molecular weight excluding hydrogens is 495 g/mol. The predicted molar refractivity (Wildman–Crippen MR) is 124 cm³/mol. The van der Waals surface area contributed by atoms with Gasteiger partial charge in [-0.15, -0.1) is 0 Å². The number of sulfonamides is 1. The molecule has 2 rings (SSSR count). The van der Waals surface area contributed by atoms with Crippen LogP contribution in [0.4, 0.5) is 18.9 Å². The lowest BCUT2D eigenvalue weighted by atomic mass is 10.1. The average molecular weight is 520 g/mol. The van der Waals surface area contributed by atoms with Crippen LogP contribution in [0.2, 0.25) is 5.02 Å². The molecule has 0 aliphatic rings. The molecule has 0 spiro atoms. The van der Waals surface area contributed by atoms with Crippen LogP contribution < -0.4 is 9.62 Å². The van der Waals surface area contributed by atoms with Crippen molar-refractivity contribution in [1.82, 2.24) is 10.2 Å². The van der Waals surface area contributed by atoms with E-state index in [1.807, 2.05) is 0 Å². The number of carbonyl (C=O) groups excluding carboxylic acids is 2. The number of benzene rings is 2.